The highest BCUT2D eigenvalue weighted by Crippen LogP contribution is 1.94. The van der Waals surface area contributed by atoms with Gasteiger partial charge in [0, 0.05) is 7.59 Å². The highest BCUT2D eigenvalue weighted by atomic mass is 29.2. The maximum absolute atomic E-state index is 3.13. The van der Waals surface area contributed by atoms with Crippen LogP contribution in [0.4, 0.5) is 0 Å². The van der Waals surface area contributed by atoms with Crippen molar-refractivity contribution in [2.75, 3.05) is 0 Å². The lowest BCUT2D eigenvalue weighted by Crippen LogP contribution is -2.28. The molecular weight excluding hydrogens is 128 g/mol. The second kappa shape index (κ2) is 3.11. The normalized spacial score (nSPS) is 10.0. The zero-order chi connectivity index (χ0) is 6.62. The monoisotopic (exact) mass is 140 g/mol. The average molecular weight is 140 g/mol. The van der Waals surface area contributed by atoms with Gasteiger partial charge in [-0.15, -0.1) is 11.5 Å². The van der Waals surface area contributed by atoms with Gasteiger partial charge in [-0.2, -0.15) is 0 Å². The molecule has 8 heavy (non-hydrogen) atoms. The van der Waals surface area contributed by atoms with Crippen molar-refractivity contribution < 1.29 is 0 Å². The third-order valence-corrected chi connectivity index (χ3v) is 4.31. The fourth-order valence-electron chi connectivity index (χ4n) is 0.250. The molecule has 0 atom stereocenters. The average Bonchev–Trinajstić information content (AvgIpc) is 1.59. The molecule has 0 spiro atoms. The molecule has 0 aromatic carbocycles. The summed E-state index contributed by atoms with van der Waals surface area (Å²) in [4.78, 5) is 0. The van der Waals surface area contributed by atoms with E-state index in [0.29, 0.717) is 0 Å². The van der Waals surface area contributed by atoms with Gasteiger partial charge in [0.05, 0.1) is 0 Å². The first-order valence-corrected chi connectivity index (χ1v) is 8.25. The summed E-state index contributed by atoms with van der Waals surface area (Å²) in [6.07, 6.45) is 0. The van der Waals surface area contributed by atoms with E-state index < -0.39 is 7.59 Å². The SMILES string of the molecule is CC#C[Si][Si](C)(C)C. The minimum absolute atomic E-state index is 0.824. The van der Waals surface area contributed by atoms with Crippen LogP contribution in [0, 0.1) is 11.5 Å². The van der Waals surface area contributed by atoms with Crippen LogP contribution in [0.5, 0.6) is 0 Å². The largest absolute Gasteiger partial charge is 0.139 e. The van der Waals surface area contributed by atoms with E-state index in [9.17, 15) is 0 Å². The molecule has 0 bridgehead atoms. The molecule has 0 saturated carbocycles. The van der Waals surface area contributed by atoms with Gasteiger partial charge < -0.3 is 0 Å². The van der Waals surface area contributed by atoms with E-state index >= 15 is 0 Å². The summed E-state index contributed by atoms with van der Waals surface area (Å²) in [7, 11) is 0.0953. The van der Waals surface area contributed by atoms with Crippen LogP contribution in [0.3, 0.4) is 0 Å². The lowest BCUT2D eigenvalue weighted by molar-refractivity contribution is 1.86. The van der Waals surface area contributed by atoms with Gasteiger partial charge in [0.1, 0.15) is 9.04 Å². The van der Waals surface area contributed by atoms with E-state index in [1.807, 2.05) is 6.92 Å². The van der Waals surface area contributed by atoms with Crippen molar-refractivity contribution in [1.29, 1.82) is 0 Å². The van der Waals surface area contributed by atoms with Crippen LogP contribution in [0.15, 0.2) is 0 Å². The maximum Gasteiger partial charge on any atom is 0.135 e. The molecule has 0 N–H and O–H groups in total. The van der Waals surface area contributed by atoms with Gasteiger partial charge in [-0.3, -0.25) is 0 Å². The first-order chi connectivity index (χ1) is 3.56. The summed E-state index contributed by atoms with van der Waals surface area (Å²) >= 11 is 0. The Kier molecular flexibility index (Phi) is 3.10. The summed E-state index contributed by atoms with van der Waals surface area (Å²) in [5, 5.41) is 0. The van der Waals surface area contributed by atoms with Crippen molar-refractivity contribution >= 4 is 16.6 Å². The second-order valence-electron chi connectivity index (χ2n) is 2.75. The molecule has 2 radical (unpaired) electrons. The highest BCUT2D eigenvalue weighted by Gasteiger charge is 2.11. The van der Waals surface area contributed by atoms with Gasteiger partial charge >= 0.3 is 0 Å². The zero-order valence-corrected chi connectivity index (χ0v) is 8.00. The highest BCUT2D eigenvalue weighted by molar-refractivity contribution is 7.25. The Morgan fingerprint density at radius 2 is 1.75 bits per heavy atom. The summed E-state index contributed by atoms with van der Waals surface area (Å²) in [5.41, 5.74) is 3.13. The Hall–Kier alpha value is -0.00623. The van der Waals surface area contributed by atoms with Gasteiger partial charge in [-0.1, -0.05) is 19.6 Å². The number of hydrogen-bond acceptors (Lipinski definition) is 0. The number of rotatable bonds is 1. The lowest BCUT2D eigenvalue weighted by atomic mass is 10.8. The molecule has 0 unspecified atom stereocenters. The van der Waals surface area contributed by atoms with Gasteiger partial charge in [-0.05, 0) is 6.92 Å². The van der Waals surface area contributed by atoms with E-state index in [0.717, 1.165) is 9.04 Å². The topological polar surface area (TPSA) is 0 Å². The van der Waals surface area contributed by atoms with E-state index in [2.05, 4.69) is 31.1 Å². The van der Waals surface area contributed by atoms with Gasteiger partial charge in [0.15, 0.2) is 0 Å². The summed E-state index contributed by atoms with van der Waals surface area (Å²) < 4.78 is 0. The predicted molar refractivity (Wildman–Crippen MR) is 42.6 cm³/mol. The van der Waals surface area contributed by atoms with Gasteiger partial charge in [0.2, 0.25) is 0 Å². The fourth-order valence-corrected chi connectivity index (χ4v) is 2.25. The van der Waals surface area contributed by atoms with E-state index in [-0.39, 0.29) is 0 Å². The minimum Gasteiger partial charge on any atom is -0.139 e. The molecule has 0 fully saturated rings. The van der Waals surface area contributed by atoms with Crippen LogP contribution in [-0.4, -0.2) is 16.6 Å². The van der Waals surface area contributed by atoms with Crippen LogP contribution >= 0.6 is 0 Å². The van der Waals surface area contributed by atoms with Gasteiger partial charge in [0.25, 0.3) is 0 Å². The van der Waals surface area contributed by atoms with Crippen LogP contribution in [0.2, 0.25) is 19.6 Å². The zero-order valence-electron chi connectivity index (χ0n) is 6.00. The van der Waals surface area contributed by atoms with Crippen LogP contribution < -0.4 is 0 Å². The fraction of sp³-hybridized carbons (Fsp3) is 0.667. The standard InChI is InChI=1S/C6H12Si2/c1-5-6-7-8(2,3)4/h1-4H3. The third-order valence-electron chi connectivity index (χ3n) is 0.562. The van der Waals surface area contributed by atoms with E-state index in [4.69, 9.17) is 0 Å². The van der Waals surface area contributed by atoms with E-state index in [1.54, 1.807) is 0 Å². The van der Waals surface area contributed by atoms with Crippen molar-refractivity contribution in [2.24, 2.45) is 0 Å². The summed E-state index contributed by atoms with van der Waals surface area (Å²) in [5.74, 6) is 2.92. The van der Waals surface area contributed by atoms with Crippen molar-refractivity contribution in [2.45, 2.75) is 26.6 Å². The molecule has 0 rings (SSSR count). The smallest absolute Gasteiger partial charge is 0.135 e. The predicted octanol–water partition coefficient (Wildman–Crippen LogP) is 1.51. The third kappa shape index (κ3) is 5.99. The first kappa shape index (κ1) is 7.99. The first-order valence-electron chi connectivity index (χ1n) is 2.75. The molecule has 0 heterocycles. The Morgan fingerprint density at radius 3 is 1.88 bits per heavy atom. The van der Waals surface area contributed by atoms with E-state index in [1.165, 1.54) is 0 Å². The van der Waals surface area contributed by atoms with Crippen LogP contribution in [0.25, 0.3) is 0 Å². The number of hydrogen-bond donors (Lipinski definition) is 0. The van der Waals surface area contributed by atoms with Crippen LogP contribution in [0.1, 0.15) is 6.92 Å². The molecule has 0 aliphatic rings. The van der Waals surface area contributed by atoms with Crippen molar-refractivity contribution in [3.8, 4) is 11.5 Å². The molecule has 0 aromatic rings. The molecular formula is C6H12Si2. The Balaban J connectivity index is 3.50. The Labute approximate surface area is 55.3 Å². The summed E-state index contributed by atoms with van der Waals surface area (Å²) in [6, 6.07) is 0. The van der Waals surface area contributed by atoms with Crippen molar-refractivity contribution in [3.63, 3.8) is 0 Å². The quantitative estimate of drug-likeness (QED) is 0.382. The Bertz CT molecular complexity index is 111. The minimum atomic E-state index is -0.824. The van der Waals surface area contributed by atoms with Crippen molar-refractivity contribution in [1.82, 2.24) is 0 Å². The van der Waals surface area contributed by atoms with Crippen molar-refractivity contribution in [3.05, 3.63) is 0 Å². The molecule has 2 heteroatoms. The lowest BCUT2D eigenvalue weighted by Gasteiger charge is -2.07. The van der Waals surface area contributed by atoms with Gasteiger partial charge in [-0.25, -0.2) is 0 Å². The molecule has 0 aliphatic heterocycles. The molecule has 0 saturated heterocycles. The molecule has 44 valence electrons. The molecule has 0 aliphatic carbocycles. The maximum atomic E-state index is 3.13. The Morgan fingerprint density at radius 1 is 1.25 bits per heavy atom. The molecule has 0 aromatic heterocycles. The summed E-state index contributed by atoms with van der Waals surface area (Å²) in [6.45, 7) is 8.94. The van der Waals surface area contributed by atoms with Crippen LogP contribution in [-0.2, 0) is 0 Å². The second-order valence-corrected chi connectivity index (χ2v) is 13.0. The molecule has 0 amide bonds. The molecule has 0 nitrogen and oxygen atoms in total.